The lowest BCUT2D eigenvalue weighted by Crippen LogP contribution is -2.30. The van der Waals surface area contributed by atoms with Crippen LogP contribution in [-0.2, 0) is 10.0 Å². The second-order valence-corrected chi connectivity index (χ2v) is 8.13. The molecule has 2 aromatic rings. The van der Waals surface area contributed by atoms with Gasteiger partial charge in [0.2, 0.25) is 10.0 Å². The van der Waals surface area contributed by atoms with Crippen LogP contribution in [0.25, 0.3) is 0 Å². The summed E-state index contributed by atoms with van der Waals surface area (Å²) in [6.45, 7) is 5.68. The van der Waals surface area contributed by atoms with Crippen molar-refractivity contribution in [3.63, 3.8) is 0 Å². The molecule has 0 aliphatic heterocycles. The first-order valence-corrected chi connectivity index (χ1v) is 8.95. The van der Waals surface area contributed by atoms with Crippen LogP contribution >= 0.6 is 11.3 Å². The van der Waals surface area contributed by atoms with Gasteiger partial charge in [-0.3, -0.25) is 0 Å². The molecule has 2 N–H and O–H groups in total. The lowest BCUT2D eigenvalue weighted by atomic mass is 10.1. The van der Waals surface area contributed by atoms with Gasteiger partial charge in [0.1, 0.15) is 4.90 Å². The first-order chi connectivity index (χ1) is 9.75. The Kier molecular flexibility index (Phi) is 4.41. The van der Waals surface area contributed by atoms with Crippen molar-refractivity contribution in [3.8, 4) is 0 Å². The summed E-state index contributed by atoms with van der Waals surface area (Å²) < 4.78 is 27.0. The number of rotatable bonds is 4. The predicted molar refractivity (Wildman–Crippen MR) is 88.0 cm³/mol. The summed E-state index contributed by atoms with van der Waals surface area (Å²) in [6, 6.07) is 6.99. The third-order valence-corrected chi connectivity index (χ3v) is 6.81. The van der Waals surface area contributed by atoms with Crippen LogP contribution in [0.1, 0.15) is 29.0 Å². The molecule has 0 amide bonds. The number of thiophene rings is 1. The van der Waals surface area contributed by atoms with Gasteiger partial charge in [-0.15, -0.1) is 11.3 Å². The summed E-state index contributed by atoms with van der Waals surface area (Å²) in [5.41, 5.74) is 8.13. The van der Waals surface area contributed by atoms with Gasteiger partial charge >= 0.3 is 0 Å². The second kappa shape index (κ2) is 5.79. The molecule has 1 atom stereocenters. The fourth-order valence-corrected chi connectivity index (χ4v) is 4.52. The van der Waals surface area contributed by atoms with Crippen molar-refractivity contribution < 1.29 is 8.42 Å². The maximum atomic E-state index is 12.8. The average molecular weight is 324 g/mol. The van der Waals surface area contributed by atoms with Crippen LogP contribution in [0, 0.1) is 13.8 Å². The molecule has 0 bridgehead atoms. The molecule has 0 aliphatic rings. The number of hydrogen-bond donors (Lipinski definition) is 1. The minimum absolute atomic E-state index is 0.177. The normalized spacial score (nSPS) is 13.6. The van der Waals surface area contributed by atoms with Gasteiger partial charge in [-0.2, -0.15) is 4.31 Å². The highest BCUT2D eigenvalue weighted by Crippen LogP contribution is 2.31. The summed E-state index contributed by atoms with van der Waals surface area (Å²) in [4.78, 5) is 1.18. The zero-order valence-electron chi connectivity index (χ0n) is 12.6. The molecule has 6 heteroatoms. The van der Waals surface area contributed by atoms with E-state index in [2.05, 4.69) is 0 Å². The molecular weight excluding hydrogens is 304 g/mol. The standard InChI is InChI=1S/C15H20N2O2S2/c1-10-8-13(16)15(9-11(10)2)21(18,19)17(4)12(3)14-6-5-7-20-14/h5-9,12H,16H2,1-4H3. The van der Waals surface area contributed by atoms with E-state index in [1.54, 1.807) is 30.5 Å². The lowest BCUT2D eigenvalue weighted by molar-refractivity contribution is 0.403. The van der Waals surface area contributed by atoms with Crippen LogP contribution in [0.15, 0.2) is 34.5 Å². The average Bonchev–Trinajstić information content (AvgIpc) is 2.95. The first-order valence-electron chi connectivity index (χ1n) is 6.63. The van der Waals surface area contributed by atoms with E-state index in [0.717, 1.165) is 16.0 Å². The molecular formula is C15H20N2O2S2. The fourth-order valence-electron chi connectivity index (χ4n) is 2.11. The Balaban J connectivity index is 2.45. The molecule has 0 saturated carbocycles. The number of nitrogen functional groups attached to an aromatic ring is 1. The smallest absolute Gasteiger partial charge is 0.245 e. The molecule has 1 heterocycles. The topological polar surface area (TPSA) is 63.4 Å². The van der Waals surface area contributed by atoms with Crippen molar-refractivity contribution in [2.75, 3.05) is 12.8 Å². The summed E-state index contributed by atoms with van der Waals surface area (Å²) >= 11 is 1.54. The van der Waals surface area contributed by atoms with Gasteiger partial charge in [0.25, 0.3) is 0 Å². The number of anilines is 1. The van der Waals surface area contributed by atoms with Crippen molar-refractivity contribution >= 4 is 27.0 Å². The van der Waals surface area contributed by atoms with Gasteiger partial charge in [-0.05, 0) is 55.5 Å². The number of benzene rings is 1. The van der Waals surface area contributed by atoms with Crippen molar-refractivity contribution in [1.82, 2.24) is 4.31 Å². The minimum Gasteiger partial charge on any atom is -0.398 e. The summed E-state index contributed by atoms with van der Waals surface area (Å²) in [5.74, 6) is 0. The van der Waals surface area contributed by atoms with Crippen LogP contribution < -0.4 is 5.73 Å². The largest absolute Gasteiger partial charge is 0.398 e. The Bertz CT molecular complexity index is 737. The van der Waals surface area contributed by atoms with Gasteiger partial charge in [0.05, 0.1) is 11.7 Å². The Hall–Kier alpha value is -1.37. The van der Waals surface area contributed by atoms with E-state index in [1.165, 1.54) is 4.31 Å². The molecule has 2 rings (SSSR count). The van der Waals surface area contributed by atoms with Gasteiger partial charge in [0, 0.05) is 11.9 Å². The van der Waals surface area contributed by atoms with Gasteiger partial charge in [-0.1, -0.05) is 6.07 Å². The number of aryl methyl sites for hydroxylation is 2. The maximum absolute atomic E-state index is 12.8. The molecule has 21 heavy (non-hydrogen) atoms. The highest BCUT2D eigenvalue weighted by molar-refractivity contribution is 7.89. The van der Waals surface area contributed by atoms with Crippen LogP contribution in [0.4, 0.5) is 5.69 Å². The van der Waals surface area contributed by atoms with Crippen LogP contribution in [0.5, 0.6) is 0 Å². The molecule has 4 nitrogen and oxygen atoms in total. The minimum atomic E-state index is -3.62. The third-order valence-electron chi connectivity index (χ3n) is 3.78. The van der Waals surface area contributed by atoms with E-state index < -0.39 is 10.0 Å². The SMILES string of the molecule is Cc1cc(N)c(S(=O)(=O)N(C)C(C)c2cccs2)cc1C. The second-order valence-electron chi connectivity index (χ2n) is 5.19. The molecule has 1 unspecified atom stereocenters. The van der Waals surface area contributed by atoms with Gasteiger partial charge in [-0.25, -0.2) is 8.42 Å². The Morgan fingerprint density at radius 2 is 1.86 bits per heavy atom. The predicted octanol–water partition coefficient (Wildman–Crippen LogP) is 3.33. The highest BCUT2D eigenvalue weighted by atomic mass is 32.2. The molecule has 0 saturated heterocycles. The molecule has 114 valence electrons. The van der Waals surface area contributed by atoms with E-state index in [-0.39, 0.29) is 10.9 Å². The summed E-state index contributed by atoms with van der Waals surface area (Å²) in [7, 11) is -2.03. The number of sulfonamides is 1. The van der Waals surface area contributed by atoms with E-state index in [9.17, 15) is 8.42 Å². The molecule has 0 spiro atoms. The van der Waals surface area contributed by atoms with Crippen LogP contribution in [0.3, 0.4) is 0 Å². The van der Waals surface area contributed by atoms with E-state index in [1.807, 2.05) is 38.3 Å². The zero-order valence-corrected chi connectivity index (χ0v) is 14.3. The highest BCUT2D eigenvalue weighted by Gasteiger charge is 2.28. The molecule has 1 aromatic carbocycles. The van der Waals surface area contributed by atoms with Crippen molar-refractivity contribution in [1.29, 1.82) is 0 Å². The molecule has 0 fully saturated rings. The Morgan fingerprint density at radius 3 is 2.43 bits per heavy atom. The summed E-state index contributed by atoms with van der Waals surface area (Å²) in [6.07, 6.45) is 0. The summed E-state index contributed by atoms with van der Waals surface area (Å²) in [5, 5.41) is 1.94. The van der Waals surface area contributed by atoms with Crippen molar-refractivity contribution in [2.24, 2.45) is 0 Å². The molecule has 0 aliphatic carbocycles. The van der Waals surface area contributed by atoms with E-state index in [0.29, 0.717) is 5.69 Å². The fraction of sp³-hybridized carbons (Fsp3) is 0.333. The first kappa shape index (κ1) is 16.0. The molecule has 0 radical (unpaired) electrons. The van der Waals surface area contributed by atoms with Gasteiger partial charge < -0.3 is 5.73 Å². The zero-order chi connectivity index (χ0) is 15.8. The van der Waals surface area contributed by atoms with E-state index >= 15 is 0 Å². The number of nitrogens with two attached hydrogens (primary N) is 1. The quantitative estimate of drug-likeness (QED) is 0.877. The monoisotopic (exact) mass is 324 g/mol. The number of hydrogen-bond acceptors (Lipinski definition) is 4. The molecule has 1 aromatic heterocycles. The van der Waals surface area contributed by atoms with Crippen molar-refractivity contribution in [2.45, 2.75) is 31.7 Å². The Morgan fingerprint density at radius 1 is 1.24 bits per heavy atom. The third kappa shape index (κ3) is 2.97. The van der Waals surface area contributed by atoms with Crippen LogP contribution in [0.2, 0.25) is 0 Å². The number of nitrogens with zero attached hydrogens (tertiary/aromatic N) is 1. The maximum Gasteiger partial charge on any atom is 0.245 e. The van der Waals surface area contributed by atoms with E-state index in [4.69, 9.17) is 5.73 Å². The van der Waals surface area contributed by atoms with Gasteiger partial charge in [0.15, 0.2) is 0 Å². The van der Waals surface area contributed by atoms with Crippen molar-refractivity contribution in [3.05, 3.63) is 45.6 Å². The Labute approximate surface area is 130 Å². The lowest BCUT2D eigenvalue weighted by Gasteiger charge is -2.24. The van der Waals surface area contributed by atoms with Crippen LogP contribution in [-0.4, -0.2) is 19.8 Å².